The number of carbonyl (C=O) groups excluding carboxylic acids is 1. The summed E-state index contributed by atoms with van der Waals surface area (Å²) in [6.45, 7) is 1.64. The van der Waals surface area contributed by atoms with Gasteiger partial charge in [0.15, 0.2) is 0 Å². The van der Waals surface area contributed by atoms with Crippen molar-refractivity contribution in [3.63, 3.8) is 0 Å². The number of amides is 1. The van der Waals surface area contributed by atoms with Gasteiger partial charge in [0.2, 0.25) is 0 Å². The highest BCUT2D eigenvalue weighted by Crippen LogP contribution is 2.33. The van der Waals surface area contributed by atoms with Gasteiger partial charge in [-0.1, -0.05) is 6.42 Å². The van der Waals surface area contributed by atoms with Gasteiger partial charge in [-0.15, -0.1) is 0 Å². The number of nitro groups is 1. The summed E-state index contributed by atoms with van der Waals surface area (Å²) < 4.78 is 0. The van der Waals surface area contributed by atoms with E-state index in [0.717, 1.165) is 45.2 Å². The SMILES string of the molecule is CSC1CCCCN(c2ccc(C(=O)NC3CC3)cc2[N+](=O)[O-])C1. The first-order chi connectivity index (χ1) is 11.6. The van der Waals surface area contributed by atoms with E-state index in [2.05, 4.69) is 16.5 Å². The van der Waals surface area contributed by atoms with Gasteiger partial charge < -0.3 is 10.2 Å². The Morgan fingerprint density at radius 3 is 2.79 bits per heavy atom. The third-order valence-electron chi connectivity index (χ3n) is 4.65. The Morgan fingerprint density at radius 1 is 1.33 bits per heavy atom. The van der Waals surface area contributed by atoms with Crippen LogP contribution in [0.5, 0.6) is 0 Å². The molecule has 24 heavy (non-hydrogen) atoms. The van der Waals surface area contributed by atoms with Crippen LogP contribution in [0.25, 0.3) is 0 Å². The molecule has 1 saturated carbocycles. The van der Waals surface area contributed by atoms with E-state index < -0.39 is 0 Å². The number of benzene rings is 1. The normalized spacial score (nSPS) is 21.2. The molecule has 2 aliphatic rings. The number of nitrogens with zero attached hydrogens (tertiary/aromatic N) is 2. The second-order valence-electron chi connectivity index (χ2n) is 6.51. The molecule has 1 aliphatic carbocycles. The number of hydrogen-bond acceptors (Lipinski definition) is 5. The van der Waals surface area contributed by atoms with Gasteiger partial charge in [0.1, 0.15) is 5.69 Å². The predicted molar refractivity (Wildman–Crippen MR) is 97.0 cm³/mol. The standard InChI is InChI=1S/C17H23N3O3S/c1-24-14-4-2-3-9-19(11-14)15-8-5-12(10-16(15)20(22)23)17(21)18-13-6-7-13/h5,8,10,13-14H,2-4,6-7,9,11H2,1H3,(H,18,21). The van der Waals surface area contributed by atoms with Crippen molar-refractivity contribution in [2.45, 2.75) is 43.4 Å². The summed E-state index contributed by atoms with van der Waals surface area (Å²) in [5.74, 6) is -0.218. The van der Waals surface area contributed by atoms with Crippen molar-refractivity contribution in [1.82, 2.24) is 5.32 Å². The molecule has 1 aliphatic heterocycles. The summed E-state index contributed by atoms with van der Waals surface area (Å²) in [6.07, 6.45) is 7.42. The molecule has 1 amide bonds. The molecular formula is C17H23N3O3S. The molecule has 0 radical (unpaired) electrons. The maximum atomic E-state index is 12.2. The third kappa shape index (κ3) is 4.01. The highest BCUT2D eigenvalue weighted by molar-refractivity contribution is 7.99. The Morgan fingerprint density at radius 2 is 2.12 bits per heavy atom. The Bertz CT molecular complexity index is 634. The van der Waals surface area contributed by atoms with Crippen molar-refractivity contribution in [2.24, 2.45) is 0 Å². The lowest BCUT2D eigenvalue weighted by atomic mass is 10.1. The highest BCUT2D eigenvalue weighted by Gasteiger charge is 2.27. The molecule has 1 heterocycles. The lowest BCUT2D eigenvalue weighted by Crippen LogP contribution is -2.30. The van der Waals surface area contributed by atoms with E-state index in [1.807, 2.05) is 11.8 Å². The lowest BCUT2D eigenvalue weighted by Gasteiger charge is -2.25. The zero-order valence-electron chi connectivity index (χ0n) is 13.9. The van der Waals surface area contributed by atoms with Gasteiger partial charge in [0.25, 0.3) is 11.6 Å². The lowest BCUT2D eigenvalue weighted by molar-refractivity contribution is -0.384. The van der Waals surface area contributed by atoms with Crippen molar-refractivity contribution in [3.05, 3.63) is 33.9 Å². The summed E-state index contributed by atoms with van der Waals surface area (Å²) in [5, 5.41) is 14.9. The van der Waals surface area contributed by atoms with Crippen LogP contribution in [0, 0.1) is 10.1 Å². The number of carbonyl (C=O) groups is 1. The molecule has 1 N–H and O–H groups in total. The van der Waals surface area contributed by atoms with E-state index >= 15 is 0 Å². The fourth-order valence-corrected chi connectivity index (χ4v) is 3.82. The highest BCUT2D eigenvalue weighted by atomic mass is 32.2. The number of thioether (sulfide) groups is 1. The first-order valence-electron chi connectivity index (χ1n) is 8.45. The van der Waals surface area contributed by atoms with Crippen LogP contribution in [0.15, 0.2) is 18.2 Å². The van der Waals surface area contributed by atoms with E-state index in [-0.39, 0.29) is 22.6 Å². The second kappa shape index (κ2) is 7.42. The third-order valence-corrected chi connectivity index (χ3v) is 5.70. The minimum atomic E-state index is -0.373. The fourth-order valence-electron chi connectivity index (χ4n) is 3.09. The van der Waals surface area contributed by atoms with Crippen LogP contribution >= 0.6 is 11.8 Å². The average molecular weight is 349 g/mol. The summed E-state index contributed by atoms with van der Waals surface area (Å²) in [7, 11) is 0. The Balaban J connectivity index is 1.85. The van der Waals surface area contributed by atoms with Crippen LogP contribution in [0.2, 0.25) is 0 Å². The number of anilines is 1. The quantitative estimate of drug-likeness (QED) is 0.652. The van der Waals surface area contributed by atoms with Gasteiger partial charge in [-0.05, 0) is 44.1 Å². The molecule has 1 atom stereocenters. The molecule has 1 unspecified atom stereocenters. The van der Waals surface area contributed by atoms with E-state index in [1.165, 1.54) is 6.07 Å². The smallest absolute Gasteiger partial charge is 0.293 e. The Labute approximate surface area is 146 Å². The van der Waals surface area contributed by atoms with Crippen LogP contribution in [0.1, 0.15) is 42.5 Å². The van der Waals surface area contributed by atoms with Crippen molar-refractivity contribution < 1.29 is 9.72 Å². The molecule has 0 aromatic heterocycles. The first kappa shape index (κ1) is 17.1. The van der Waals surface area contributed by atoms with Crippen molar-refractivity contribution >= 4 is 29.0 Å². The van der Waals surface area contributed by atoms with Gasteiger partial charge in [0, 0.05) is 36.0 Å². The van der Waals surface area contributed by atoms with Crippen molar-refractivity contribution in [3.8, 4) is 0 Å². The van der Waals surface area contributed by atoms with Crippen LogP contribution in [-0.2, 0) is 0 Å². The summed E-state index contributed by atoms with van der Waals surface area (Å²) in [4.78, 5) is 25.4. The molecule has 7 heteroatoms. The maximum Gasteiger partial charge on any atom is 0.293 e. The zero-order valence-corrected chi connectivity index (χ0v) is 14.7. The van der Waals surface area contributed by atoms with E-state index in [9.17, 15) is 14.9 Å². The fraction of sp³-hybridized carbons (Fsp3) is 0.588. The number of nitrogens with one attached hydrogen (secondary N) is 1. The van der Waals surface area contributed by atoms with E-state index in [1.54, 1.807) is 12.1 Å². The van der Waals surface area contributed by atoms with Crippen LogP contribution in [0.4, 0.5) is 11.4 Å². The zero-order chi connectivity index (χ0) is 17.1. The van der Waals surface area contributed by atoms with Gasteiger partial charge in [-0.3, -0.25) is 14.9 Å². The number of nitro benzene ring substituents is 1. The summed E-state index contributed by atoms with van der Waals surface area (Å²) >= 11 is 1.82. The minimum Gasteiger partial charge on any atom is -0.365 e. The van der Waals surface area contributed by atoms with Gasteiger partial charge >= 0.3 is 0 Å². The van der Waals surface area contributed by atoms with Crippen molar-refractivity contribution in [2.75, 3.05) is 24.2 Å². The predicted octanol–water partition coefficient (Wildman–Crippen LogP) is 3.21. The second-order valence-corrected chi connectivity index (χ2v) is 7.65. The Hall–Kier alpha value is -1.76. The molecule has 6 nitrogen and oxygen atoms in total. The molecule has 3 rings (SSSR count). The largest absolute Gasteiger partial charge is 0.365 e. The molecule has 2 fully saturated rings. The van der Waals surface area contributed by atoms with Gasteiger partial charge in [-0.25, -0.2) is 0 Å². The van der Waals surface area contributed by atoms with Crippen LogP contribution in [-0.4, -0.2) is 41.5 Å². The number of hydrogen-bond donors (Lipinski definition) is 1. The Kier molecular flexibility index (Phi) is 5.28. The summed E-state index contributed by atoms with van der Waals surface area (Å²) in [6, 6.07) is 5.11. The molecule has 1 saturated heterocycles. The average Bonchev–Trinajstić information content (AvgIpc) is 3.40. The molecule has 1 aromatic rings. The van der Waals surface area contributed by atoms with Crippen LogP contribution < -0.4 is 10.2 Å². The maximum absolute atomic E-state index is 12.2. The monoisotopic (exact) mass is 349 g/mol. The van der Waals surface area contributed by atoms with E-state index in [0.29, 0.717) is 16.5 Å². The number of rotatable bonds is 5. The first-order valence-corrected chi connectivity index (χ1v) is 9.74. The molecular weight excluding hydrogens is 326 g/mol. The molecule has 0 bridgehead atoms. The topological polar surface area (TPSA) is 75.5 Å². The van der Waals surface area contributed by atoms with Crippen LogP contribution in [0.3, 0.4) is 0 Å². The van der Waals surface area contributed by atoms with Gasteiger partial charge in [-0.2, -0.15) is 11.8 Å². The molecule has 130 valence electrons. The minimum absolute atomic E-state index is 0.0280. The van der Waals surface area contributed by atoms with Crippen molar-refractivity contribution in [1.29, 1.82) is 0 Å². The summed E-state index contributed by atoms with van der Waals surface area (Å²) in [5.41, 5.74) is 1.03. The van der Waals surface area contributed by atoms with E-state index in [4.69, 9.17) is 0 Å². The van der Waals surface area contributed by atoms with Gasteiger partial charge in [0.05, 0.1) is 4.92 Å². The molecule has 1 aromatic carbocycles. The molecule has 0 spiro atoms.